The molecule has 13 nitrogen and oxygen atoms in total. The van der Waals surface area contributed by atoms with Crippen molar-refractivity contribution in [1.82, 2.24) is 29.1 Å². The summed E-state index contributed by atoms with van der Waals surface area (Å²) in [6, 6.07) is 9.13. The van der Waals surface area contributed by atoms with E-state index in [0.29, 0.717) is 20.0 Å². The molecule has 0 saturated carbocycles. The van der Waals surface area contributed by atoms with Crippen molar-refractivity contribution in [3.05, 3.63) is 81.3 Å². The number of carbonyl (C=O) groups excluding carboxylic acids is 1. The molecule has 2 aromatic carbocycles. The molecule has 2 atom stereocenters. The number of aromatic nitrogens is 6. The van der Waals surface area contributed by atoms with Gasteiger partial charge in [0.15, 0.2) is 17.8 Å². The summed E-state index contributed by atoms with van der Waals surface area (Å²) in [5, 5.41) is 8.01. The normalized spacial score (nSPS) is 14.4. The van der Waals surface area contributed by atoms with Crippen molar-refractivity contribution in [3.8, 4) is 17.1 Å². The highest BCUT2D eigenvalue weighted by atomic mass is 35.5. The fourth-order valence-electron chi connectivity index (χ4n) is 3.83. The minimum absolute atomic E-state index is 0.0193. The predicted molar refractivity (Wildman–Crippen MR) is 132 cm³/mol. The van der Waals surface area contributed by atoms with Crippen LogP contribution in [0.15, 0.2) is 53.3 Å². The van der Waals surface area contributed by atoms with Crippen molar-refractivity contribution in [2.75, 3.05) is 0 Å². The van der Waals surface area contributed by atoms with Gasteiger partial charge in [0.2, 0.25) is 5.82 Å². The van der Waals surface area contributed by atoms with E-state index in [0.717, 1.165) is 12.1 Å². The fraction of sp³-hybridized carbons (Fsp3) is 0.227. The van der Waals surface area contributed by atoms with Gasteiger partial charge in [-0.05, 0) is 36.4 Å². The zero-order valence-corrected chi connectivity index (χ0v) is 22.6. The molecule has 0 bridgehead atoms. The van der Waals surface area contributed by atoms with Crippen LogP contribution in [0.2, 0.25) is 5.02 Å². The van der Waals surface area contributed by atoms with Crippen LogP contribution in [-0.4, -0.2) is 52.2 Å². The van der Waals surface area contributed by atoms with Gasteiger partial charge in [-0.3, -0.25) is 13.9 Å². The molecule has 1 amide bonds. The van der Waals surface area contributed by atoms with Crippen molar-refractivity contribution in [1.29, 1.82) is 0 Å². The molecule has 4 rings (SSSR count). The Bertz CT molecular complexity index is 1760. The van der Waals surface area contributed by atoms with Gasteiger partial charge in [0, 0.05) is 10.6 Å². The summed E-state index contributed by atoms with van der Waals surface area (Å²) in [5.41, 5.74) is 2.14. The van der Waals surface area contributed by atoms with E-state index in [2.05, 4.69) is 19.7 Å². The average Bonchev–Trinajstić information content (AvgIpc) is 3.44. The van der Waals surface area contributed by atoms with Crippen LogP contribution in [0.3, 0.4) is 0 Å². The lowest BCUT2D eigenvalue weighted by atomic mass is 10.1. The van der Waals surface area contributed by atoms with Crippen LogP contribution >= 0.6 is 19.4 Å². The number of phosphoric ester groups is 1. The Balaban J connectivity index is 1.83. The van der Waals surface area contributed by atoms with Gasteiger partial charge in [-0.1, -0.05) is 23.7 Å². The van der Waals surface area contributed by atoms with Crippen molar-refractivity contribution >= 4 is 25.3 Å². The first-order valence-electron chi connectivity index (χ1n) is 11.5. The summed E-state index contributed by atoms with van der Waals surface area (Å²) in [4.78, 5) is 49.0. The highest BCUT2D eigenvalue weighted by Gasteiger charge is 2.44. The summed E-state index contributed by atoms with van der Waals surface area (Å²) in [6.45, 7) is -2.31. The molecule has 0 aliphatic rings. The molecule has 4 aromatic rings. The van der Waals surface area contributed by atoms with Gasteiger partial charge in [-0.2, -0.15) is 26.3 Å². The van der Waals surface area contributed by atoms with Gasteiger partial charge < -0.3 is 20.0 Å². The maximum absolute atomic E-state index is 13.6. The van der Waals surface area contributed by atoms with E-state index in [-0.39, 0.29) is 10.6 Å². The Morgan fingerprint density at radius 1 is 1.09 bits per heavy atom. The molecule has 0 radical (unpaired) electrons. The number of nitrogens with zero attached hydrogens (tertiary/aromatic N) is 6. The third kappa shape index (κ3) is 7.31. The molecule has 0 saturated heterocycles. The number of amides is 1. The first-order valence-corrected chi connectivity index (χ1v) is 13.4. The van der Waals surface area contributed by atoms with E-state index < -0.39 is 79.7 Å². The lowest BCUT2D eigenvalue weighted by Gasteiger charge is -2.26. The summed E-state index contributed by atoms with van der Waals surface area (Å²) >= 11 is 5.85. The summed E-state index contributed by atoms with van der Waals surface area (Å²) in [6.07, 6.45) is -13.5. The van der Waals surface area contributed by atoms with Gasteiger partial charge in [0.25, 0.3) is 13.7 Å². The SMILES string of the molecule is NC(=O)c1nc(Cn2nc(-c3ccc(Cl)cc3)n(C[C@H](OP(=O)([O-])O)C(F)(F)F)c2=O)nn1-c1ccccc1C(F)(F)F. The van der Waals surface area contributed by atoms with Crippen LogP contribution in [0.1, 0.15) is 22.0 Å². The number of rotatable bonds is 9. The molecule has 0 fully saturated rings. The molecule has 230 valence electrons. The van der Waals surface area contributed by atoms with Crippen molar-refractivity contribution in [3.63, 3.8) is 0 Å². The maximum Gasteiger partial charge on any atom is 0.418 e. The van der Waals surface area contributed by atoms with Crippen molar-refractivity contribution < 1.29 is 50.0 Å². The van der Waals surface area contributed by atoms with Crippen molar-refractivity contribution in [2.24, 2.45) is 5.73 Å². The van der Waals surface area contributed by atoms with Gasteiger partial charge in [0.05, 0.1) is 17.8 Å². The molecule has 43 heavy (non-hydrogen) atoms. The van der Waals surface area contributed by atoms with E-state index in [1.54, 1.807) is 0 Å². The lowest BCUT2D eigenvalue weighted by molar-refractivity contribution is -0.255. The molecule has 0 aliphatic carbocycles. The molecule has 3 N–H and O–H groups in total. The van der Waals surface area contributed by atoms with Crippen LogP contribution in [0.25, 0.3) is 17.1 Å². The number of benzene rings is 2. The van der Waals surface area contributed by atoms with Crippen LogP contribution in [-0.2, 0) is 28.4 Å². The average molecular weight is 655 g/mol. The zero-order valence-electron chi connectivity index (χ0n) is 21.0. The number of nitrogens with two attached hydrogens (primary N) is 1. The molecule has 0 aliphatic heterocycles. The van der Waals surface area contributed by atoms with E-state index in [1.165, 1.54) is 30.3 Å². The highest BCUT2D eigenvalue weighted by Crippen LogP contribution is 2.39. The lowest BCUT2D eigenvalue weighted by Crippen LogP contribution is -2.39. The summed E-state index contributed by atoms with van der Waals surface area (Å²) in [5.74, 6) is -3.03. The number of hydrogen-bond acceptors (Lipinski definition) is 8. The number of alkyl halides is 6. The molecule has 2 aromatic heterocycles. The Labute approximate surface area is 240 Å². The Morgan fingerprint density at radius 2 is 1.72 bits per heavy atom. The van der Waals surface area contributed by atoms with Crippen LogP contribution in [0.4, 0.5) is 26.3 Å². The molecule has 1 unspecified atom stereocenters. The maximum atomic E-state index is 13.6. The first-order chi connectivity index (χ1) is 19.8. The van der Waals surface area contributed by atoms with Crippen LogP contribution in [0, 0.1) is 0 Å². The largest absolute Gasteiger partial charge is 0.756 e. The second-order valence-electron chi connectivity index (χ2n) is 8.63. The summed E-state index contributed by atoms with van der Waals surface area (Å²) < 4.78 is 97.9. The van der Waals surface area contributed by atoms with Crippen LogP contribution in [0.5, 0.6) is 0 Å². The van der Waals surface area contributed by atoms with Gasteiger partial charge >= 0.3 is 18.0 Å². The molecular weight excluding hydrogens is 639 g/mol. The number of halogens is 7. The highest BCUT2D eigenvalue weighted by molar-refractivity contribution is 7.44. The summed E-state index contributed by atoms with van der Waals surface area (Å²) in [7, 11) is -5.95. The topological polar surface area (TPSA) is 183 Å². The van der Waals surface area contributed by atoms with E-state index >= 15 is 0 Å². The van der Waals surface area contributed by atoms with E-state index in [9.17, 15) is 45.4 Å². The Morgan fingerprint density at radius 3 is 2.28 bits per heavy atom. The standard InChI is InChI=1S/C22H17ClF6N7O6P/c23-12-7-5-11(6-8-12)18-33-35(20(38)34(18)9-15(22(27,28)29)42-43(39,40)41)10-16-31-19(17(30)37)36(32-16)14-4-2-1-3-13(14)21(24,25)26/h1-8,15H,9-10H2,(H2,30,37)(H2,39,40,41)/p-1/t15-/m0/s1. The quantitative estimate of drug-likeness (QED) is 0.202. The minimum Gasteiger partial charge on any atom is -0.756 e. The number of para-hydroxylation sites is 1. The second-order valence-corrected chi connectivity index (χ2v) is 10.2. The number of phosphoric acid groups is 1. The fourth-order valence-corrected chi connectivity index (χ4v) is 4.46. The van der Waals surface area contributed by atoms with Gasteiger partial charge in [-0.15, -0.1) is 10.2 Å². The molecule has 2 heterocycles. The molecule has 21 heteroatoms. The smallest absolute Gasteiger partial charge is 0.418 e. The monoisotopic (exact) mass is 654 g/mol. The Kier molecular flexibility index (Phi) is 8.58. The van der Waals surface area contributed by atoms with E-state index in [4.69, 9.17) is 22.2 Å². The van der Waals surface area contributed by atoms with Gasteiger partial charge in [-0.25, -0.2) is 19.1 Å². The minimum atomic E-state index is -5.95. The Hall–Kier alpha value is -4.03. The van der Waals surface area contributed by atoms with Crippen molar-refractivity contribution in [2.45, 2.75) is 31.5 Å². The van der Waals surface area contributed by atoms with Gasteiger partial charge in [0.1, 0.15) is 6.54 Å². The zero-order chi connectivity index (χ0) is 31.9. The molecule has 0 spiro atoms. The third-order valence-corrected chi connectivity index (χ3v) is 6.37. The van der Waals surface area contributed by atoms with Crippen LogP contribution < -0.4 is 16.3 Å². The number of hydrogen-bond donors (Lipinski definition) is 2. The third-order valence-electron chi connectivity index (χ3n) is 5.60. The predicted octanol–water partition coefficient (Wildman–Crippen LogP) is 2.52. The number of carbonyl (C=O) groups is 1. The molecular formula is C22H16ClF6N7O6P-. The first kappa shape index (κ1) is 31.9. The van der Waals surface area contributed by atoms with E-state index in [1.807, 2.05) is 0 Å². The number of primary amides is 1. The second kappa shape index (κ2) is 11.6.